The second-order valence-corrected chi connectivity index (χ2v) is 3.88. The Morgan fingerprint density at radius 3 is 2.42 bits per heavy atom. The van der Waals surface area contributed by atoms with E-state index in [1.54, 1.807) is 0 Å². The molecule has 0 radical (unpaired) electrons. The van der Waals surface area contributed by atoms with Crippen LogP contribution in [0.5, 0.6) is 0 Å². The molecule has 3 atom stereocenters. The third-order valence-corrected chi connectivity index (χ3v) is 2.63. The summed E-state index contributed by atoms with van der Waals surface area (Å²) in [5.74, 6) is 0.469. The first-order chi connectivity index (χ1) is 5.61. The molecule has 3 nitrogen and oxygen atoms in total. The van der Waals surface area contributed by atoms with Crippen LogP contribution in [0, 0.1) is 5.92 Å². The third kappa shape index (κ3) is 4.85. The van der Waals surface area contributed by atoms with Crippen LogP contribution in [0.1, 0.15) is 40.0 Å². The third-order valence-electron chi connectivity index (χ3n) is 2.12. The van der Waals surface area contributed by atoms with Crippen molar-refractivity contribution in [2.24, 2.45) is 5.92 Å². The van der Waals surface area contributed by atoms with Gasteiger partial charge in [-0.2, -0.15) is 0 Å². The summed E-state index contributed by atoms with van der Waals surface area (Å²) in [6, 6.07) is 0.163. The molecule has 0 aliphatic carbocycles. The minimum Gasteiger partial charge on any atom is -0.294 e. The molecule has 0 fully saturated rings. The molecule has 0 aromatic rings. The van der Waals surface area contributed by atoms with E-state index in [1.165, 1.54) is 0 Å². The summed E-state index contributed by atoms with van der Waals surface area (Å²) in [4.78, 5) is 0. The molecule has 0 aromatic carbocycles. The van der Waals surface area contributed by atoms with Crippen molar-refractivity contribution < 1.29 is 8.76 Å². The lowest BCUT2D eigenvalue weighted by Gasteiger charge is -2.21. The molecule has 0 aromatic heterocycles. The minimum absolute atomic E-state index is 0.163. The second kappa shape index (κ2) is 6.57. The molecule has 0 amide bonds. The van der Waals surface area contributed by atoms with Gasteiger partial charge in [0.1, 0.15) is 0 Å². The van der Waals surface area contributed by atoms with Crippen LogP contribution in [0.2, 0.25) is 0 Å². The van der Waals surface area contributed by atoms with E-state index >= 15 is 0 Å². The maximum absolute atomic E-state index is 10.5. The van der Waals surface area contributed by atoms with Gasteiger partial charge in [0, 0.05) is 6.04 Å². The van der Waals surface area contributed by atoms with Crippen LogP contribution in [0.25, 0.3) is 0 Å². The van der Waals surface area contributed by atoms with Crippen LogP contribution >= 0.6 is 0 Å². The van der Waals surface area contributed by atoms with Gasteiger partial charge >= 0.3 is 0 Å². The molecule has 74 valence electrons. The van der Waals surface area contributed by atoms with E-state index in [2.05, 4.69) is 18.6 Å². The van der Waals surface area contributed by atoms with Crippen molar-refractivity contribution in [3.8, 4) is 0 Å². The molecular weight excluding hydrogens is 174 g/mol. The molecule has 0 spiro atoms. The Hall–Kier alpha value is 0.0700. The molecule has 0 bridgehead atoms. The molecule has 0 rings (SSSR count). The van der Waals surface area contributed by atoms with Crippen LogP contribution in [0.4, 0.5) is 0 Å². The average Bonchev–Trinajstić information content (AvgIpc) is 2.00. The standard InChI is InChI=1S/C8H19NO2S/c1-4-6-7(3)8(5-2)9-12(10)11/h7-9H,4-6H2,1-3H3,(H,10,11). The van der Waals surface area contributed by atoms with E-state index in [0.717, 1.165) is 19.3 Å². The Morgan fingerprint density at radius 1 is 1.50 bits per heavy atom. The first-order valence-corrected chi connectivity index (χ1v) is 5.59. The predicted octanol–water partition coefficient (Wildman–Crippen LogP) is 1.93. The Kier molecular flexibility index (Phi) is 6.61. The van der Waals surface area contributed by atoms with Gasteiger partial charge in [0.15, 0.2) is 0 Å². The number of hydrogen-bond donors (Lipinski definition) is 2. The molecule has 12 heavy (non-hydrogen) atoms. The van der Waals surface area contributed by atoms with Crippen LogP contribution < -0.4 is 4.72 Å². The summed E-state index contributed by atoms with van der Waals surface area (Å²) in [5, 5.41) is 0. The summed E-state index contributed by atoms with van der Waals surface area (Å²) in [6.45, 7) is 6.26. The smallest absolute Gasteiger partial charge is 0.231 e. The molecule has 2 N–H and O–H groups in total. The van der Waals surface area contributed by atoms with Gasteiger partial charge in [-0.05, 0) is 18.8 Å². The normalized spacial score (nSPS) is 18.7. The Labute approximate surface area is 77.4 Å². The van der Waals surface area contributed by atoms with Gasteiger partial charge < -0.3 is 0 Å². The van der Waals surface area contributed by atoms with Gasteiger partial charge in [-0.15, -0.1) is 0 Å². The highest BCUT2D eigenvalue weighted by Gasteiger charge is 2.15. The molecule has 3 unspecified atom stereocenters. The van der Waals surface area contributed by atoms with E-state index in [4.69, 9.17) is 4.55 Å². The Bertz CT molecular complexity index is 141. The highest BCUT2D eigenvalue weighted by Crippen LogP contribution is 2.13. The second-order valence-electron chi connectivity index (χ2n) is 3.15. The summed E-state index contributed by atoms with van der Waals surface area (Å²) in [6.07, 6.45) is 3.12. The van der Waals surface area contributed by atoms with Crippen molar-refractivity contribution in [3.63, 3.8) is 0 Å². The molecule has 4 heteroatoms. The van der Waals surface area contributed by atoms with E-state index in [1.807, 2.05) is 6.92 Å². The van der Waals surface area contributed by atoms with Gasteiger partial charge in [0.05, 0.1) is 0 Å². The summed E-state index contributed by atoms with van der Waals surface area (Å²) < 4.78 is 21.8. The fourth-order valence-corrected chi connectivity index (χ4v) is 2.05. The highest BCUT2D eigenvalue weighted by molar-refractivity contribution is 7.77. The fourth-order valence-electron chi connectivity index (χ4n) is 1.39. The topological polar surface area (TPSA) is 49.3 Å². The molecule has 0 heterocycles. The van der Waals surface area contributed by atoms with Gasteiger partial charge in [0.2, 0.25) is 11.3 Å². The van der Waals surface area contributed by atoms with Gasteiger partial charge in [-0.1, -0.05) is 27.2 Å². The highest BCUT2D eigenvalue weighted by atomic mass is 32.2. The first-order valence-electron chi connectivity index (χ1n) is 4.48. The Balaban J connectivity index is 3.86. The maximum Gasteiger partial charge on any atom is 0.231 e. The van der Waals surface area contributed by atoms with Crippen LogP contribution in [-0.2, 0) is 11.3 Å². The van der Waals surface area contributed by atoms with E-state index in [-0.39, 0.29) is 6.04 Å². The van der Waals surface area contributed by atoms with E-state index in [9.17, 15) is 4.21 Å². The molecule has 0 aliphatic rings. The van der Waals surface area contributed by atoms with Gasteiger partial charge in [0.25, 0.3) is 0 Å². The monoisotopic (exact) mass is 193 g/mol. The van der Waals surface area contributed by atoms with Crippen molar-refractivity contribution in [3.05, 3.63) is 0 Å². The van der Waals surface area contributed by atoms with Crippen molar-refractivity contribution in [2.75, 3.05) is 0 Å². The average molecular weight is 193 g/mol. The van der Waals surface area contributed by atoms with Crippen molar-refractivity contribution in [1.82, 2.24) is 4.72 Å². The SMILES string of the molecule is CCCC(C)C(CC)NS(=O)O. The first kappa shape index (κ1) is 12.1. The van der Waals surface area contributed by atoms with Crippen LogP contribution in [-0.4, -0.2) is 14.8 Å². The Morgan fingerprint density at radius 2 is 2.08 bits per heavy atom. The van der Waals surface area contributed by atoms with Crippen molar-refractivity contribution in [2.45, 2.75) is 46.1 Å². The predicted molar refractivity (Wildman–Crippen MR) is 52.1 cm³/mol. The van der Waals surface area contributed by atoms with Gasteiger partial charge in [-0.3, -0.25) is 4.55 Å². The lowest BCUT2D eigenvalue weighted by Crippen LogP contribution is -2.35. The number of nitrogens with one attached hydrogen (secondary N) is 1. The van der Waals surface area contributed by atoms with Crippen molar-refractivity contribution in [1.29, 1.82) is 0 Å². The fraction of sp³-hybridized carbons (Fsp3) is 1.00. The molecule has 0 aliphatic heterocycles. The zero-order valence-electron chi connectivity index (χ0n) is 8.04. The quantitative estimate of drug-likeness (QED) is 0.633. The van der Waals surface area contributed by atoms with E-state index in [0.29, 0.717) is 5.92 Å². The van der Waals surface area contributed by atoms with Crippen molar-refractivity contribution >= 4 is 11.3 Å². The molecule has 0 saturated carbocycles. The van der Waals surface area contributed by atoms with Gasteiger partial charge in [-0.25, -0.2) is 8.93 Å². The largest absolute Gasteiger partial charge is 0.294 e. The number of rotatable bonds is 6. The number of hydrogen-bond acceptors (Lipinski definition) is 1. The maximum atomic E-state index is 10.5. The summed E-state index contributed by atoms with van der Waals surface area (Å²) >= 11 is -1.87. The molecular formula is C8H19NO2S. The molecule has 0 saturated heterocycles. The lowest BCUT2D eigenvalue weighted by molar-refractivity contribution is 0.381. The zero-order valence-corrected chi connectivity index (χ0v) is 8.86. The van der Waals surface area contributed by atoms with Crippen LogP contribution in [0.3, 0.4) is 0 Å². The minimum atomic E-state index is -1.87. The van der Waals surface area contributed by atoms with Crippen LogP contribution in [0.15, 0.2) is 0 Å². The van der Waals surface area contributed by atoms with E-state index < -0.39 is 11.3 Å². The zero-order chi connectivity index (χ0) is 9.56. The summed E-state index contributed by atoms with van der Waals surface area (Å²) in [7, 11) is 0. The summed E-state index contributed by atoms with van der Waals surface area (Å²) in [5.41, 5.74) is 0. The lowest BCUT2D eigenvalue weighted by atomic mass is 9.96.